The van der Waals surface area contributed by atoms with Gasteiger partial charge in [-0.2, -0.15) is 4.31 Å². The van der Waals surface area contributed by atoms with Crippen LogP contribution >= 0.6 is 0 Å². The molecule has 0 aromatic heterocycles. The zero-order chi connectivity index (χ0) is 17.3. The molecule has 0 unspecified atom stereocenters. The minimum absolute atomic E-state index is 0.134. The smallest absolute Gasteiger partial charge is 0.312 e. The molecule has 1 aromatic carbocycles. The Hall–Kier alpha value is -2.33. The number of rotatable bonds is 3. The van der Waals surface area contributed by atoms with Crippen LogP contribution in [0.4, 0.5) is 4.79 Å². The summed E-state index contributed by atoms with van der Waals surface area (Å²) < 4.78 is 32.6. The van der Waals surface area contributed by atoms with E-state index in [0.717, 1.165) is 0 Å². The summed E-state index contributed by atoms with van der Waals surface area (Å²) in [6, 6.07) is 5.01. The number of benzene rings is 1. The molecule has 2 aliphatic heterocycles. The minimum atomic E-state index is -3.68. The lowest BCUT2D eigenvalue weighted by Gasteiger charge is -2.19. The van der Waals surface area contributed by atoms with Gasteiger partial charge in [0.15, 0.2) is 0 Å². The van der Waals surface area contributed by atoms with Gasteiger partial charge in [-0.1, -0.05) is 12.1 Å². The number of para-hydroxylation sites is 1. The molecule has 130 valence electrons. The van der Waals surface area contributed by atoms with Crippen molar-refractivity contribution in [3.8, 4) is 5.75 Å². The summed E-state index contributed by atoms with van der Waals surface area (Å²) in [6.45, 7) is 0.137. The first-order valence-corrected chi connectivity index (χ1v) is 8.88. The summed E-state index contributed by atoms with van der Waals surface area (Å²) in [5.41, 5.74) is 4.91. The molecule has 0 aliphatic carbocycles. The van der Waals surface area contributed by atoms with Crippen LogP contribution in [0.3, 0.4) is 0 Å². The summed E-state index contributed by atoms with van der Waals surface area (Å²) in [4.78, 5) is 22.5. The average Bonchev–Trinajstić information content (AvgIpc) is 2.90. The number of urea groups is 1. The maximum Gasteiger partial charge on any atom is 0.312 e. The van der Waals surface area contributed by atoms with E-state index in [0.29, 0.717) is 12.2 Å². The van der Waals surface area contributed by atoms with Crippen molar-refractivity contribution in [1.82, 2.24) is 14.9 Å². The molecule has 0 radical (unpaired) electrons. The molecule has 3 rings (SSSR count). The third-order valence-corrected chi connectivity index (χ3v) is 5.98. The molecule has 0 saturated carbocycles. The number of carbonyl (C=O) groups excluding carboxylic acids is 2. The highest BCUT2D eigenvalue weighted by Crippen LogP contribution is 2.34. The highest BCUT2D eigenvalue weighted by atomic mass is 32.2. The Balaban J connectivity index is 1.72. The number of sulfonamides is 1. The maximum absolute atomic E-state index is 12.8. The van der Waals surface area contributed by atoms with Gasteiger partial charge in [0.2, 0.25) is 15.9 Å². The molecule has 9 nitrogen and oxygen atoms in total. The predicted molar refractivity (Wildman–Crippen MR) is 83.8 cm³/mol. The van der Waals surface area contributed by atoms with Crippen LogP contribution in [0.25, 0.3) is 0 Å². The van der Waals surface area contributed by atoms with Crippen molar-refractivity contribution >= 4 is 22.0 Å². The molecule has 1 fully saturated rings. The number of nitrogens with one attached hydrogen (secondary N) is 2. The van der Waals surface area contributed by atoms with E-state index in [2.05, 4.69) is 10.6 Å². The first-order chi connectivity index (χ1) is 11.4. The first kappa shape index (κ1) is 16.5. The summed E-state index contributed by atoms with van der Waals surface area (Å²) in [5, 5.41) is 4.89. The van der Waals surface area contributed by atoms with Crippen LogP contribution in [0.2, 0.25) is 0 Å². The van der Waals surface area contributed by atoms with Gasteiger partial charge in [0.1, 0.15) is 17.3 Å². The van der Waals surface area contributed by atoms with Crippen molar-refractivity contribution in [2.45, 2.75) is 23.4 Å². The van der Waals surface area contributed by atoms with E-state index in [1.807, 2.05) is 0 Å². The summed E-state index contributed by atoms with van der Waals surface area (Å²) in [6.07, 6.45) is 0.440. The van der Waals surface area contributed by atoms with Crippen molar-refractivity contribution in [1.29, 1.82) is 0 Å². The van der Waals surface area contributed by atoms with Crippen LogP contribution in [0.1, 0.15) is 6.42 Å². The highest BCUT2D eigenvalue weighted by Gasteiger charge is 2.44. The molecule has 0 bridgehead atoms. The first-order valence-electron chi connectivity index (χ1n) is 7.44. The molecule has 24 heavy (non-hydrogen) atoms. The fourth-order valence-electron chi connectivity index (χ4n) is 2.98. The Kier molecular flexibility index (Phi) is 4.33. The molecular formula is C14H18N4O5S. The number of fused-ring (bicyclic) bond motifs is 2. The fraction of sp³-hybridized carbons (Fsp3) is 0.429. The molecule has 0 spiro atoms. The second-order valence-electron chi connectivity index (χ2n) is 5.70. The van der Waals surface area contributed by atoms with Crippen LogP contribution in [0.15, 0.2) is 29.2 Å². The lowest BCUT2D eigenvalue weighted by Crippen LogP contribution is -2.44. The molecule has 10 heteroatoms. The Labute approximate surface area is 139 Å². The van der Waals surface area contributed by atoms with Gasteiger partial charge in [-0.3, -0.25) is 4.79 Å². The normalized spacial score (nSPS) is 24.8. The molecule has 1 saturated heterocycles. The molecular weight excluding hydrogens is 336 g/mol. The van der Waals surface area contributed by atoms with Gasteiger partial charge in [0.05, 0.1) is 12.6 Å². The fourth-order valence-corrected chi connectivity index (χ4v) is 4.78. The number of nitrogens with two attached hydrogens (primary N) is 1. The van der Waals surface area contributed by atoms with E-state index in [4.69, 9.17) is 10.5 Å². The van der Waals surface area contributed by atoms with Crippen LogP contribution in [0, 0.1) is 0 Å². The molecule has 2 heterocycles. The second kappa shape index (κ2) is 6.29. The summed E-state index contributed by atoms with van der Waals surface area (Å²) in [7, 11) is -3.68. The number of hydrogen-bond acceptors (Lipinski definition) is 5. The molecule has 2 aliphatic rings. The van der Waals surface area contributed by atoms with Crippen LogP contribution < -0.4 is 21.1 Å². The number of primary amides is 1. The third-order valence-electron chi connectivity index (χ3n) is 4.02. The van der Waals surface area contributed by atoms with Crippen molar-refractivity contribution in [3.05, 3.63) is 24.3 Å². The van der Waals surface area contributed by atoms with E-state index >= 15 is 0 Å². The van der Waals surface area contributed by atoms with Crippen LogP contribution in [-0.2, 0) is 14.8 Å². The zero-order valence-electron chi connectivity index (χ0n) is 12.8. The second-order valence-corrected chi connectivity index (χ2v) is 7.56. The Morgan fingerprint density at radius 3 is 2.83 bits per heavy atom. The van der Waals surface area contributed by atoms with Gasteiger partial charge in [-0.25, -0.2) is 13.2 Å². The summed E-state index contributed by atoms with van der Waals surface area (Å²) in [5.74, 6) is -0.0756. The Morgan fingerprint density at radius 2 is 2.08 bits per heavy atom. The van der Waals surface area contributed by atoms with Crippen molar-refractivity contribution in [2.24, 2.45) is 5.73 Å². The van der Waals surface area contributed by atoms with E-state index < -0.39 is 22.0 Å². The Morgan fingerprint density at radius 1 is 1.33 bits per heavy atom. The number of hydrogen-bond donors (Lipinski definition) is 3. The van der Waals surface area contributed by atoms with Crippen molar-refractivity contribution < 1.29 is 22.7 Å². The Bertz CT molecular complexity index is 766. The molecule has 3 amide bonds. The largest absolute Gasteiger partial charge is 0.490 e. The third kappa shape index (κ3) is 3.15. The van der Waals surface area contributed by atoms with E-state index in [-0.39, 0.29) is 36.7 Å². The SMILES string of the molecule is NC(=O)NCC(=O)N[C@H]1C[C@H]2COc3ccccc3S(=O)(=O)N2C1. The molecule has 4 N–H and O–H groups in total. The highest BCUT2D eigenvalue weighted by molar-refractivity contribution is 7.89. The van der Waals surface area contributed by atoms with E-state index in [9.17, 15) is 18.0 Å². The van der Waals surface area contributed by atoms with Gasteiger partial charge in [0, 0.05) is 12.6 Å². The minimum Gasteiger partial charge on any atom is -0.490 e. The summed E-state index contributed by atoms with van der Waals surface area (Å²) >= 11 is 0. The molecule has 2 atom stereocenters. The number of carbonyl (C=O) groups is 2. The van der Waals surface area contributed by atoms with Gasteiger partial charge in [0.25, 0.3) is 0 Å². The van der Waals surface area contributed by atoms with Gasteiger partial charge >= 0.3 is 6.03 Å². The molecule has 1 aromatic rings. The van der Waals surface area contributed by atoms with E-state index in [1.165, 1.54) is 10.4 Å². The van der Waals surface area contributed by atoms with Gasteiger partial charge < -0.3 is 21.1 Å². The predicted octanol–water partition coefficient (Wildman–Crippen LogP) is -1.00. The number of nitrogens with zero attached hydrogens (tertiary/aromatic N) is 1. The van der Waals surface area contributed by atoms with Gasteiger partial charge in [-0.05, 0) is 18.6 Å². The standard InChI is InChI=1S/C14H18N4O5S/c15-14(20)16-6-13(19)17-9-5-10-8-23-11-3-1-2-4-12(11)24(21,22)18(10)7-9/h1-4,9-10H,5-8H2,(H,17,19)(H3,15,16,20)/t9-,10-/m0/s1. The van der Waals surface area contributed by atoms with Crippen LogP contribution in [-0.4, -0.2) is 56.4 Å². The van der Waals surface area contributed by atoms with E-state index in [1.54, 1.807) is 18.2 Å². The lowest BCUT2D eigenvalue weighted by molar-refractivity contribution is -0.120. The lowest BCUT2D eigenvalue weighted by atomic mass is 10.2. The zero-order valence-corrected chi connectivity index (χ0v) is 13.6. The monoisotopic (exact) mass is 354 g/mol. The van der Waals surface area contributed by atoms with Crippen molar-refractivity contribution in [3.63, 3.8) is 0 Å². The maximum atomic E-state index is 12.8. The number of amides is 3. The average molecular weight is 354 g/mol. The quantitative estimate of drug-likeness (QED) is 0.640. The van der Waals surface area contributed by atoms with Gasteiger partial charge in [-0.15, -0.1) is 0 Å². The topological polar surface area (TPSA) is 131 Å². The van der Waals surface area contributed by atoms with Crippen molar-refractivity contribution in [2.75, 3.05) is 19.7 Å². The van der Waals surface area contributed by atoms with Crippen LogP contribution in [0.5, 0.6) is 5.75 Å². The number of ether oxygens (including phenoxy) is 1.